The molecule has 1 aromatic rings. The molecule has 0 spiro atoms. The molecule has 4 heteroatoms. The van der Waals surface area contributed by atoms with Gasteiger partial charge in [0.1, 0.15) is 0 Å². The van der Waals surface area contributed by atoms with E-state index in [0.717, 1.165) is 17.4 Å². The third-order valence-electron chi connectivity index (χ3n) is 2.70. The van der Waals surface area contributed by atoms with E-state index in [0.29, 0.717) is 6.54 Å². The van der Waals surface area contributed by atoms with Crippen LogP contribution in [0.25, 0.3) is 0 Å². The molecule has 0 radical (unpaired) electrons. The zero-order valence-electron chi connectivity index (χ0n) is 10.2. The number of carboxylic acid groups (broad SMARTS) is 1. The van der Waals surface area contributed by atoms with E-state index in [1.807, 2.05) is 19.2 Å². The number of hydrogen-bond donors (Lipinski definition) is 1. The highest BCUT2D eigenvalue weighted by Gasteiger charge is 2.13. The monoisotopic (exact) mass is 299 g/mol. The van der Waals surface area contributed by atoms with E-state index in [-0.39, 0.29) is 5.92 Å². The second-order valence-corrected chi connectivity index (χ2v) is 5.29. The molecule has 1 N–H and O–H groups in total. The highest BCUT2D eigenvalue weighted by atomic mass is 79.9. The van der Waals surface area contributed by atoms with Crippen molar-refractivity contribution in [1.82, 2.24) is 4.90 Å². The maximum absolute atomic E-state index is 10.7. The Hall–Kier alpha value is -0.870. The summed E-state index contributed by atoms with van der Waals surface area (Å²) in [6, 6.07) is 8.21. The highest BCUT2D eigenvalue weighted by molar-refractivity contribution is 9.10. The molecule has 0 aliphatic carbocycles. The lowest BCUT2D eigenvalue weighted by Gasteiger charge is -2.18. The maximum Gasteiger partial charge on any atom is 0.307 e. The summed E-state index contributed by atoms with van der Waals surface area (Å²) in [6.07, 6.45) is 0.941. The average molecular weight is 300 g/mol. The molecule has 0 saturated heterocycles. The zero-order valence-corrected chi connectivity index (χ0v) is 11.8. The summed E-state index contributed by atoms with van der Waals surface area (Å²) < 4.78 is 1.08. The first kappa shape index (κ1) is 14.2. The Morgan fingerprint density at radius 3 is 2.53 bits per heavy atom. The third kappa shape index (κ3) is 5.33. The normalized spacial score (nSPS) is 12.7. The molecular formula is C13H18BrNO2. The topological polar surface area (TPSA) is 40.5 Å². The Morgan fingerprint density at radius 1 is 1.41 bits per heavy atom. The van der Waals surface area contributed by atoms with Crippen LogP contribution in [0.4, 0.5) is 0 Å². The number of halogens is 1. The average Bonchev–Trinajstić information content (AvgIpc) is 2.28. The largest absolute Gasteiger partial charge is 0.481 e. The van der Waals surface area contributed by atoms with Crippen molar-refractivity contribution >= 4 is 21.9 Å². The van der Waals surface area contributed by atoms with Gasteiger partial charge in [-0.25, -0.2) is 0 Å². The predicted octanol–water partition coefficient (Wildman–Crippen LogP) is 2.64. The molecule has 0 aliphatic rings. The quantitative estimate of drug-likeness (QED) is 0.878. The number of aliphatic carboxylic acids is 1. The molecule has 0 heterocycles. The second-order valence-electron chi connectivity index (χ2n) is 4.38. The minimum atomic E-state index is -0.736. The van der Waals surface area contributed by atoms with Crippen LogP contribution < -0.4 is 0 Å². The fourth-order valence-electron chi connectivity index (χ4n) is 1.61. The third-order valence-corrected chi connectivity index (χ3v) is 3.23. The predicted molar refractivity (Wildman–Crippen MR) is 72.1 cm³/mol. The minimum absolute atomic E-state index is 0.315. The number of carbonyl (C=O) groups is 1. The van der Waals surface area contributed by atoms with Gasteiger partial charge >= 0.3 is 5.97 Å². The van der Waals surface area contributed by atoms with Crippen molar-refractivity contribution in [2.24, 2.45) is 5.92 Å². The molecule has 17 heavy (non-hydrogen) atoms. The zero-order chi connectivity index (χ0) is 12.8. The van der Waals surface area contributed by atoms with Gasteiger partial charge in [0.05, 0.1) is 5.92 Å². The fourth-order valence-corrected chi connectivity index (χ4v) is 1.87. The number of carboxylic acids is 1. The van der Waals surface area contributed by atoms with Crippen molar-refractivity contribution in [3.05, 3.63) is 34.3 Å². The van der Waals surface area contributed by atoms with Gasteiger partial charge in [0.15, 0.2) is 0 Å². The Labute approximate surface area is 111 Å². The number of hydrogen-bond acceptors (Lipinski definition) is 2. The summed E-state index contributed by atoms with van der Waals surface area (Å²) >= 11 is 3.40. The van der Waals surface area contributed by atoms with E-state index in [1.54, 1.807) is 6.92 Å². The Morgan fingerprint density at radius 2 is 2.00 bits per heavy atom. The van der Waals surface area contributed by atoms with Crippen LogP contribution in [0.5, 0.6) is 0 Å². The first-order valence-corrected chi connectivity index (χ1v) is 6.44. The standard InChI is InChI=1S/C13H18BrNO2/c1-10(13(16)17)9-15(2)8-7-11-3-5-12(14)6-4-11/h3-6,10H,7-9H2,1-2H3,(H,16,17). The molecule has 1 rings (SSSR count). The van der Waals surface area contributed by atoms with Gasteiger partial charge in [0, 0.05) is 17.6 Å². The SMILES string of the molecule is CC(CN(C)CCc1ccc(Br)cc1)C(=O)O. The van der Waals surface area contributed by atoms with Crippen LogP contribution in [0.2, 0.25) is 0 Å². The van der Waals surface area contributed by atoms with Crippen LogP contribution in [-0.4, -0.2) is 36.1 Å². The molecule has 0 aromatic heterocycles. The van der Waals surface area contributed by atoms with E-state index in [1.165, 1.54) is 5.56 Å². The fraction of sp³-hybridized carbons (Fsp3) is 0.462. The first-order valence-electron chi connectivity index (χ1n) is 5.65. The van der Waals surface area contributed by atoms with E-state index in [9.17, 15) is 4.79 Å². The van der Waals surface area contributed by atoms with Gasteiger partial charge in [-0.15, -0.1) is 0 Å². The van der Waals surface area contributed by atoms with Gasteiger partial charge in [-0.1, -0.05) is 35.0 Å². The van der Waals surface area contributed by atoms with Gasteiger partial charge < -0.3 is 10.0 Å². The van der Waals surface area contributed by atoms with Crippen LogP contribution in [-0.2, 0) is 11.2 Å². The van der Waals surface area contributed by atoms with Gasteiger partial charge in [0.2, 0.25) is 0 Å². The Bertz CT molecular complexity index is 364. The number of rotatable bonds is 6. The molecular weight excluding hydrogens is 282 g/mol. The smallest absolute Gasteiger partial charge is 0.307 e. The lowest BCUT2D eigenvalue weighted by atomic mass is 10.1. The minimum Gasteiger partial charge on any atom is -0.481 e. The molecule has 0 aliphatic heterocycles. The highest BCUT2D eigenvalue weighted by Crippen LogP contribution is 2.11. The molecule has 1 unspecified atom stereocenters. The molecule has 0 saturated carbocycles. The summed E-state index contributed by atoms with van der Waals surface area (Å²) in [7, 11) is 1.96. The molecule has 0 amide bonds. The van der Waals surface area contributed by atoms with E-state index in [2.05, 4.69) is 33.0 Å². The summed E-state index contributed by atoms with van der Waals surface area (Å²) in [6.45, 7) is 3.20. The maximum atomic E-state index is 10.7. The van der Waals surface area contributed by atoms with Crippen molar-refractivity contribution in [2.45, 2.75) is 13.3 Å². The molecule has 94 valence electrons. The Kier molecular flexibility index (Phi) is 5.65. The van der Waals surface area contributed by atoms with Crippen molar-refractivity contribution in [3.63, 3.8) is 0 Å². The van der Waals surface area contributed by atoms with Crippen molar-refractivity contribution in [2.75, 3.05) is 20.1 Å². The van der Waals surface area contributed by atoms with E-state index < -0.39 is 5.97 Å². The molecule has 1 aromatic carbocycles. The molecule has 0 bridgehead atoms. The first-order chi connectivity index (χ1) is 7.99. The van der Waals surface area contributed by atoms with Crippen LogP contribution in [0.3, 0.4) is 0 Å². The van der Waals surface area contributed by atoms with Crippen molar-refractivity contribution in [3.8, 4) is 0 Å². The number of nitrogens with zero attached hydrogens (tertiary/aromatic N) is 1. The van der Waals surface area contributed by atoms with E-state index >= 15 is 0 Å². The van der Waals surface area contributed by atoms with Gasteiger partial charge in [-0.2, -0.15) is 0 Å². The van der Waals surface area contributed by atoms with Crippen LogP contribution in [0.1, 0.15) is 12.5 Å². The summed E-state index contributed by atoms with van der Waals surface area (Å²) in [5.74, 6) is -1.05. The van der Waals surface area contributed by atoms with E-state index in [4.69, 9.17) is 5.11 Å². The van der Waals surface area contributed by atoms with Crippen LogP contribution in [0, 0.1) is 5.92 Å². The van der Waals surface area contributed by atoms with Crippen LogP contribution in [0.15, 0.2) is 28.7 Å². The second kappa shape index (κ2) is 6.77. The lowest BCUT2D eigenvalue weighted by Crippen LogP contribution is -2.30. The summed E-state index contributed by atoms with van der Waals surface area (Å²) in [5.41, 5.74) is 1.27. The molecule has 1 atom stereocenters. The van der Waals surface area contributed by atoms with Gasteiger partial charge in [-0.3, -0.25) is 4.79 Å². The Balaban J connectivity index is 2.35. The summed E-state index contributed by atoms with van der Waals surface area (Å²) in [5, 5.41) is 8.81. The summed E-state index contributed by atoms with van der Waals surface area (Å²) in [4.78, 5) is 12.8. The lowest BCUT2D eigenvalue weighted by molar-refractivity contribution is -0.141. The van der Waals surface area contributed by atoms with Gasteiger partial charge in [0.25, 0.3) is 0 Å². The number of benzene rings is 1. The van der Waals surface area contributed by atoms with Crippen molar-refractivity contribution in [1.29, 1.82) is 0 Å². The van der Waals surface area contributed by atoms with Gasteiger partial charge in [-0.05, 0) is 31.2 Å². The van der Waals surface area contributed by atoms with Crippen LogP contribution >= 0.6 is 15.9 Å². The molecule has 3 nitrogen and oxygen atoms in total. The number of likely N-dealkylation sites (N-methyl/N-ethyl adjacent to an activating group) is 1. The molecule has 0 fully saturated rings. The van der Waals surface area contributed by atoms with Crippen molar-refractivity contribution < 1.29 is 9.90 Å².